The van der Waals surface area contributed by atoms with E-state index in [0.29, 0.717) is 5.56 Å². The van der Waals surface area contributed by atoms with Gasteiger partial charge in [0.05, 0.1) is 6.04 Å². The minimum Gasteiger partial charge on any atom is -0.271 e. The van der Waals surface area contributed by atoms with E-state index in [4.69, 9.17) is 5.84 Å². The first-order valence-electron chi connectivity index (χ1n) is 5.55. The maximum absolute atomic E-state index is 13.3. The highest BCUT2D eigenvalue weighted by atomic mass is 19.2. The first-order chi connectivity index (χ1) is 9.04. The van der Waals surface area contributed by atoms with Crippen LogP contribution in [0.3, 0.4) is 0 Å². The smallest absolute Gasteiger partial charge is 0.194 e. The zero-order valence-corrected chi connectivity index (χ0v) is 10.1. The first kappa shape index (κ1) is 13.5. The molecule has 0 bridgehead atoms. The van der Waals surface area contributed by atoms with Gasteiger partial charge in [-0.05, 0) is 41.8 Å². The zero-order chi connectivity index (χ0) is 14.0. The van der Waals surface area contributed by atoms with Crippen LogP contribution >= 0.6 is 0 Å². The Labute approximate surface area is 108 Å². The Morgan fingerprint density at radius 3 is 2.37 bits per heavy atom. The lowest BCUT2D eigenvalue weighted by Gasteiger charge is -2.18. The minimum atomic E-state index is -1.50. The van der Waals surface area contributed by atoms with Crippen LogP contribution in [0.5, 0.6) is 0 Å². The quantitative estimate of drug-likeness (QED) is 0.510. The molecule has 6 heteroatoms. The van der Waals surface area contributed by atoms with Crippen molar-refractivity contribution in [1.29, 1.82) is 0 Å². The van der Waals surface area contributed by atoms with Crippen molar-refractivity contribution >= 4 is 0 Å². The Kier molecular flexibility index (Phi) is 3.82. The topological polar surface area (TPSA) is 50.9 Å². The third-order valence-electron chi connectivity index (χ3n) is 2.90. The highest BCUT2D eigenvalue weighted by Crippen LogP contribution is 2.26. The van der Waals surface area contributed by atoms with Crippen LogP contribution < -0.4 is 11.3 Å². The van der Waals surface area contributed by atoms with E-state index < -0.39 is 23.5 Å². The van der Waals surface area contributed by atoms with Crippen molar-refractivity contribution in [3.63, 3.8) is 0 Å². The number of benzene rings is 1. The maximum Gasteiger partial charge on any atom is 0.194 e. The molecular weight excluding hydrogens is 255 g/mol. The van der Waals surface area contributed by atoms with Crippen LogP contribution in [-0.2, 0) is 0 Å². The van der Waals surface area contributed by atoms with Gasteiger partial charge in [0.1, 0.15) is 0 Å². The molecule has 2 aromatic rings. The van der Waals surface area contributed by atoms with Crippen LogP contribution in [0, 0.1) is 24.4 Å². The first-order valence-corrected chi connectivity index (χ1v) is 5.55. The van der Waals surface area contributed by atoms with Gasteiger partial charge in [-0.15, -0.1) is 0 Å². The molecule has 1 heterocycles. The highest BCUT2D eigenvalue weighted by Gasteiger charge is 2.19. The largest absolute Gasteiger partial charge is 0.271 e. The summed E-state index contributed by atoms with van der Waals surface area (Å²) in [6, 6.07) is 2.90. The SMILES string of the molecule is Cc1ccncc1C(NN)c1cc(F)c(F)c(F)c1. The summed E-state index contributed by atoms with van der Waals surface area (Å²) in [7, 11) is 0. The molecule has 3 N–H and O–H groups in total. The number of hydrogen-bond acceptors (Lipinski definition) is 3. The summed E-state index contributed by atoms with van der Waals surface area (Å²) >= 11 is 0. The van der Waals surface area contributed by atoms with E-state index in [0.717, 1.165) is 17.7 Å². The fourth-order valence-electron chi connectivity index (χ4n) is 1.89. The van der Waals surface area contributed by atoms with Crippen molar-refractivity contribution in [2.75, 3.05) is 0 Å². The summed E-state index contributed by atoms with van der Waals surface area (Å²) in [5.41, 5.74) is 4.16. The molecule has 1 unspecified atom stereocenters. The number of hydrazine groups is 1. The van der Waals surface area contributed by atoms with Crippen molar-refractivity contribution in [3.8, 4) is 0 Å². The molecule has 0 aliphatic heterocycles. The minimum absolute atomic E-state index is 0.190. The lowest BCUT2D eigenvalue weighted by Crippen LogP contribution is -2.29. The molecule has 0 saturated carbocycles. The zero-order valence-electron chi connectivity index (χ0n) is 10.1. The van der Waals surface area contributed by atoms with E-state index in [1.165, 1.54) is 0 Å². The second kappa shape index (κ2) is 5.38. The van der Waals surface area contributed by atoms with Crippen LogP contribution in [0.1, 0.15) is 22.7 Å². The standard InChI is InChI=1S/C13H12F3N3/c1-7-2-3-18-6-9(7)13(19-17)8-4-10(14)12(16)11(15)5-8/h2-6,13,19H,17H2,1H3. The Balaban J connectivity index is 2.52. The van der Waals surface area contributed by atoms with Crippen LogP contribution in [0.15, 0.2) is 30.6 Å². The van der Waals surface area contributed by atoms with Crippen LogP contribution in [-0.4, -0.2) is 4.98 Å². The number of nitrogens with two attached hydrogens (primary N) is 1. The predicted molar refractivity (Wildman–Crippen MR) is 64.5 cm³/mol. The van der Waals surface area contributed by atoms with Crippen molar-refractivity contribution in [2.45, 2.75) is 13.0 Å². The van der Waals surface area contributed by atoms with E-state index in [-0.39, 0.29) is 5.56 Å². The molecule has 0 aliphatic rings. The summed E-state index contributed by atoms with van der Waals surface area (Å²) < 4.78 is 39.5. The van der Waals surface area contributed by atoms with E-state index in [9.17, 15) is 13.2 Å². The Morgan fingerprint density at radius 2 is 1.84 bits per heavy atom. The van der Waals surface area contributed by atoms with Crippen LogP contribution in [0.2, 0.25) is 0 Å². The third-order valence-corrected chi connectivity index (χ3v) is 2.90. The van der Waals surface area contributed by atoms with Gasteiger partial charge in [-0.1, -0.05) is 0 Å². The second-order valence-electron chi connectivity index (χ2n) is 4.13. The molecule has 0 fully saturated rings. The molecule has 3 nitrogen and oxygen atoms in total. The molecule has 2 rings (SSSR count). The van der Waals surface area contributed by atoms with Crippen LogP contribution in [0.25, 0.3) is 0 Å². The number of pyridine rings is 1. The van der Waals surface area contributed by atoms with Gasteiger partial charge in [0.2, 0.25) is 0 Å². The monoisotopic (exact) mass is 267 g/mol. The number of halogens is 3. The van der Waals surface area contributed by atoms with E-state index in [1.807, 2.05) is 6.92 Å². The normalized spacial score (nSPS) is 12.5. The summed E-state index contributed by atoms with van der Waals surface area (Å²) in [6.07, 6.45) is 3.14. The van der Waals surface area contributed by atoms with Gasteiger partial charge in [0.25, 0.3) is 0 Å². The lowest BCUT2D eigenvalue weighted by molar-refractivity contribution is 0.442. The number of aromatic nitrogens is 1. The third kappa shape index (κ3) is 2.59. The lowest BCUT2D eigenvalue weighted by atomic mass is 9.97. The van der Waals surface area contributed by atoms with Gasteiger partial charge in [-0.25, -0.2) is 18.6 Å². The summed E-state index contributed by atoms with van der Waals surface area (Å²) in [5.74, 6) is 1.42. The molecule has 19 heavy (non-hydrogen) atoms. The van der Waals surface area contributed by atoms with Gasteiger partial charge in [0, 0.05) is 12.4 Å². The number of nitrogens with one attached hydrogen (secondary N) is 1. The summed E-state index contributed by atoms with van der Waals surface area (Å²) in [6.45, 7) is 1.82. The molecule has 0 spiro atoms. The molecular formula is C13H12F3N3. The molecule has 100 valence electrons. The number of rotatable bonds is 3. The van der Waals surface area contributed by atoms with E-state index in [1.54, 1.807) is 18.5 Å². The van der Waals surface area contributed by atoms with Crippen molar-refractivity contribution < 1.29 is 13.2 Å². The fraction of sp³-hybridized carbons (Fsp3) is 0.154. The molecule has 1 aromatic heterocycles. The summed E-state index contributed by atoms with van der Waals surface area (Å²) in [5, 5.41) is 0. The average molecular weight is 267 g/mol. The molecule has 0 amide bonds. The second-order valence-corrected chi connectivity index (χ2v) is 4.13. The predicted octanol–water partition coefficient (Wildman–Crippen LogP) is 2.36. The highest BCUT2D eigenvalue weighted by molar-refractivity contribution is 5.35. The number of nitrogens with zero attached hydrogens (tertiary/aromatic N) is 1. The average Bonchev–Trinajstić information content (AvgIpc) is 2.39. The molecule has 0 saturated heterocycles. The van der Waals surface area contributed by atoms with Crippen molar-refractivity contribution in [3.05, 3.63) is 64.7 Å². The fourth-order valence-corrected chi connectivity index (χ4v) is 1.89. The van der Waals surface area contributed by atoms with Crippen molar-refractivity contribution in [1.82, 2.24) is 10.4 Å². The van der Waals surface area contributed by atoms with Gasteiger partial charge in [0.15, 0.2) is 17.5 Å². The van der Waals surface area contributed by atoms with Gasteiger partial charge >= 0.3 is 0 Å². The Hall–Kier alpha value is -1.92. The molecule has 1 atom stereocenters. The maximum atomic E-state index is 13.3. The molecule has 0 aliphatic carbocycles. The number of aryl methyl sites for hydroxylation is 1. The van der Waals surface area contributed by atoms with E-state index in [2.05, 4.69) is 10.4 Å². The van der Waals surface area contributed by atoms with Gasteiger partial charge in [-0.3, -0.25) is 10.8 Å². The Bertz CT molecular complexity index is 578. The van der Waals surface area contributed by atoms with Gasteiger partial charge < -0.3 is 0 Å². The Morgan fingerprint density at radius 1 is 1.21 bits per heavy atom. The number of hydrogen-bond donors (Lipinski definition) is 2. The molecule has 1 aromatic carbocycles. The van der Waals surface area contributed by atoms with E-state index >= 15 is 0 Å². The summed E-state index contributed by atoms with van der Waals surface area (Å²) in [4.78, 5) is 3.95. The van der Waals surface area contributed by atoms with Gasteiger partial charge in [-0.2, -0.15) is 0 Å². The molecule has 0 radical (unpaired) electrons. The van der Waals surface area contributed by atoms with Crippen LogP contribution in [0.4, 0.5) is 13.2 Å². The van der Waals surface area contributed by atoms with Crippen molar-refractivity contribution in [2.24, 2.45) is 5.84 Å².